The molecule has 36 heavy (non-hydrogen) atoms. The monoisotopic (exact) mass is 505 g/mol. The second kappa shape index (κ2) is 10.3. The van der Waals surface area contributed by atoms with Gasteiger partial charge in [0, 0.05) is 17.7 Å². The first kappa shape index (κ1) is 24.5. The Kier molecular flexibility index (Phi) is 7.02. The number of phenolic OH excluding ortho intramolecular Hbond substituents is 1. The Labute approximate surface area is 209 Å². The van der Waals surface area contributed by atoms with Crippen LogP contribution < -0.4 is 4.74 Å². The number of rotatable bonds is 7. The zero-order chi connectivity index (χ0) is 25.8. The normalized spacial score (nSPS) is 15.5. The van der Waals surface area contributed by atoms with E-state index < -0.39 is 16.8 Å². The SMILES string of the molecule is COc1ccc(N=C2S/C(=C\c3cc([N+](=O)[O-])ccc3O)C(=O)N2Cc2ccc(C(=O)O)cc2)cc1. The third-order valence-corrected chi connectivity index (χ3v) is 6.24. The Morgan fingerprint density at radius 3 is 2.44 bits per heavy atom. The molecule has 0 radical (unpaired) electrons. The van der Waals surface area contributed by atoms with Crippen LogP contribution in [0.25, 0.3) is 6.08 Å². The number of methoxy groups -OCH3 is 1. The third-order valence-electron chi connectivity index (χ3n) is 5.24. The number of phenols is 1. The highest BCUT2D eigenvalue weighted by Crippen LogP contribution is 2.37. The minimum Gasteiger partial charge on any atom is -0.507 e. The minimum absolute atomic E-state index is 0.110. The van der Waals surface area contributed by atoms with Gasteiger partial charge in [-0.3, -0.25) is 19.8 Å². The van der Waals surface area contributed by atoms with Crippen LogP contribution in [0.3, 0.4) is 0 Å². The minimum atomic E-state index is -1.06. The van der Waals surface area contributed by atoms with Gasteiger partial charge in [0.1, 0.15) is 11.5 Å². The van der Waals surface area contributed by atoms with Crippen LogP contribution in [0.5, 0.6) is 11.5 Å². The van der Waals surface area contributed by atoms with Crippen molar-refractivity contribution in [1.82, 2.24) is 4.90 Å². The Balaban J connectivity index is 1.71. The molecule has 0 unspecified atom stereocenters. The number of hydrogen-bond acceptors (Lipinski definition) is 8. The van der Waals surface area contributed by atoms with Crippen LogP contribution in [-0.2, 0) is 11.3 Å². The zero-order valence-electron chi connectivity index (χ0n) is 18.8. The number of aliphatic imine (C=N–C) groups is 1. The second-order valence-corrected chi connectivity index (χ2v) is 8.61. The van der Waals surface area contributed by atoms with Crippen LogP contribution in [0.1, 0.15) is 21.5 Å². The largest absolute Gasteiger partial charge is 0.507 e. The molecule has 1 saturated heterocycles. The lowest BCUT2D eigenvalue weighted by molar-refractivity contribution is -0.384. The van der Waals surface area contributed by atoms with Gasteiger partial charge in [-0.15, -0.1) is 0 Å². The molecule has 4 rings (SSSR count). The predicted octanol–water partition coefficient (Wildman–Crippen LogP) is 4.81. The lowest BCUT2D eigenvalue weighted by Crippen LogP contribution is -2.28. The van der Waals surface area contributed by atoms with Crippen molar-refractivity contribution in [2.24, 2.45) is 4.99 Å². The molecule has 1 aliphatic heterocycles. The number of benzene rings is 3. The van der Waals surface area contributed by atoms with E-state index >= 15 is 0 Å². The Morgan fingerprint density at radius 1 is 1.14 bits per heavy atom. The number of aromatic hydroxyl groups is 1. The maximum atomic E-state index is 13.3. The highest BCUT2D eigenvalue weighted by Gasteiger charge is 2.34. The van der Waals surface area contributed by atoms with E-state index in [0.29, 0.717) is 22.2 Å². The number of carbonyl (C=O) groups excluding carboxylic acids is 1. The summed E-state index contributed by atoms with van der Waals surface area (Å²) in [4.78, 5) is 41.3. The third kappa shape index (κ3) is 5.36. The van der Waals surface area contributed by atoms with Crippen molar-refractivity contribution in [3.63, 3.8) is 0 Å². The number of thioether (sulfide) groups is 1. The number of nitro benzene ring substituents is 1. The summed E-state index contributed by atoms with van der Waals surface area (Å²) in [5.41, 5.74) is 1.26. The number of carbonyl (C=O) groups is 2. The molecule has 1 fully saturated rings. The van der Waals surface area contributed by atoms with E-state index in [1.54, 1.807) is 43.5 Å². The van der Waals surface area contributed by atoms with Crippen molar-refractivity contribution in [3.8, 4) is 11.5 Å². The molecule has 0 spiro atoms. The molecular formula is C25H19N3O7S. The molecule has 1 amide bonds. The van der Waals surface area contributed by atoms with Gasteiger partial charge in [-0.2, -0.15) is 0 Å². The molecule has 0 atom stereocenters. The van der Waals surface area contributed by atoms with Gasteiger partial charge in [-0.1, -0.05) is 12.1 Å². The summed E-state index contributed by atoms with van der Waals surface area (Å²) in [6.45, 7) is 0.110. The highest BCUT2D eigenvalue weighted by molar-refractivity contribution is 8.18. The number of nitro groups is 1. The molecule has 0 bridgehead atoms. The molecule has 0 saturated carbocycles. The van der Waals surface area contributed by atoms with Gasteiger partial charge in [0.05, 0.1) is 34.7 Å². The van der Waals surface area contributed by atoms with Crippen molar-refractivity contribution in [2.75, 3.05) is 7.11 Å². The first-order valence-electron chi connectivity index (χ1n) is 10.5. The number of hydrogen-bond donors (Lipinski definition) is 2. The maximum absolute atomic E-state index is 13.3. The van der Waals surface area contributed by atoms with Gasteiger partial charge >= 0.3 is 5.97 Å². The number of nitrogens with zero attached hydrogens (tertiary/aromatic N) is 3. The number of non-ortho nitro benzene ring substituents is 1. The van der Waals surface area contributed by atoms with E-state index in [1.165, 1.54) is 41.3 Å². The summed E-state index contributed by atoms with van der Waals surface area (Å²) in [6.07, 6.45) is 1.38. The Morgan fingerprint density at radius 2 is 1.83 bits per heavy atom. The average Bonchev–Trinajstić information content (AvgIpc) is 3.14. The molecule has 0 aliphatic carbocycles. The number of amidine groups is 1. The van der Waals surface area contributed by atoms with E-state index in [2.05, 4.69) is 4.99 Å². The summed E-state index contributed by atoms with van der Waals surface area (Å²) in [5, 5.41) is 30.8. The number of carboxylic acids is 1. The Bertz CT molecular complexity index is 1400. The lowest BCUT2D eigenvalue weighted by Gasteiger charge is -2.16. The molecule has 3 aromatic rings. The fraction of sp³-hybridized carbons (Fsp3) is 0.0800. The fourth-order valence-electron chi connectivity index (χ4n) is 3.35. The molecule has 1 heterocycles. The van der Waals surface area contributed by atoms with Crippen molar-refractivity contribution in [1.29, 1.82) is 0 Å². The van der Waals surface area contributed by atoms with Crippen molar-refractivity contribution < 1.29 is 29.5 Å². The molecule has 10 nitrogen and oxygen atoms in total. The number of carboxylic acid groups (broad SMARTS) is 1. The fourth-order valence-corrected chi connectivity index (χ4v) is 4.33. The second-order valence-electron chi connectivity index (χ2n) is 7.60. The van der Waals surface area contributed by atoms with Gasteiger partial charge < -0.3 is 14.9 Å². The molecule has 0 aromatic heterocycles. The summed E-state index contributed by atoms with van der Waals surface area (Å²) < 4.78 is 5.16. The quantitative estimate of drug-likeness (QED) is 0.265. The standard InChI is InChI=1S/C25H19N3O7S/c1-35-20-9-6-18(7-10-20)26-25-27(14-15-2-4-16(5-3-15)24(31)32)23(30)22(36-25)13-17-12-19(28(33)34)8-11-21(17)29/h2-13,29H,14H2,1H3,(H,31,32)/b22-13-,26-25?. The summed E-state index contributed by atoms with van der Waals surface area (Å²) in [5.74, 6) is -1.04. The first-order chi connectivity index (χ1) is 17.2. The van der Waals surface area contributed by atoms with E-state index in [0.717, 1.165) is 11.8 Å². The lowest BCUT2D eigenvalue weighted by atomic mass is 10.1. The molecule has 11 heteroatoms. The van der Waals surface area contributed by atoms with E-state index in [1.807, 2.05) is 0 Å². The Hall–Kier alpha value is -4.64. The van der Waals surface area contributed by atoms with Gasteiger partial charge in [-0.05, 0) is 65.9 Å². The summed E-state index contributed by atoms with van der Waals surface area (Å²) in [6, 6.07) is 16.6. The van der Waals surface area contributed by atoms with Crippen LogP contribution in [0.2, 0.25) is 0 Å². The topological polar surface area (TPSA) is 143 Å². The van der Waals surface area contributed by atoms with Crippen LogP contribution in [-0.4, -0.2) is 44.2 Å². The van der Waals surface area contributed by atoms with Gasteiger partial charge in [-0.25, -0.2) is 9.79 Å². The molecular weight excluding hydrogens is 486 g/mol. The van der Waals surface area contributed by atoms with Gasteiger partial charge in [0.2, 0.25) is 0 Å². The van der Waals surface area contributed by atoms with Crippen LogP contribution in [0.15, 0.2) is 76.6 Å². The van der Waals surface area contributed by atoms with Crippen LogP contribution in [0, 0.1) is 10.1 Å². The number of aromatic carboxylic acids is 1. The molecule has 2 N–H and O–H groups in total. The van der Waals surface area contributed by atoms with Crippen molar-refractivity contribution in [3.05, 3.63) is 98.4 Å². The summed E-state index contributed by atoms with van der Waals surface area (Å²) in [7, 11) is 1.55. The molecule has 182 valence electrons. The van der Waals surface area contributed by atoms with Crippen LogP contribution in [0.4, 0.5) is 11.4 Å². The highest BCUT2D eigenvalue weighted by atomic mass is 32.2. The van der Waals surface area contributed by atoms with E-state index in [4.69, 9.17) is 9.84 Å². The number of ether oxygens (including phenoxy) is 1. The average molecular weight is 506 g/mol. The van der Waals surface area contributed by atoms with Crippen molar-refractivity contribution >= 4 is 46.3 Å². The molecule has 1 aliphatic rings. The van der Waals surface area contributed by atoms with Crippen molar-refractivity contribution in [2.45, 2.75) is 6.54 Å². The van der Waals surface area contributed by atoms with E-state index in [9.17, 15) is 24.8 Å². The first-order valence-corrected chi connectivity index (χ1v) is 11.3. The summed E-state index contributed by atoms with van der Waals surface area (Å²) >= 11 is 1.06. The molecule has 3 aromatic carbocycles. The predicted molar refractivity (Wildman–Crippen MR) is 134 cm³/mol. The maximum Gasteiger partial charge on any atom is 0.335 e. The van der Waals surface area contributed by atoms with Crippen LogP contribution >= 0.6 is 11.8 Å². The van der Waals surface area contributed by atoms with E-state index in [-0.39, 0.29) is 34.0 Å². The number of amides is 1. The zero-order valence-corrected chi connectivity index (χ0v) is 19.6. The van der Waals surface area contributed by atoms with Gasteiger partial charge in [0.15, 0.2) is 5.17 Å². The smallest absolute Gasteiger partial charge is 0.335 e. The van der Waals surface area contributed by atoms with Gasteiger partial charge in [0.25, 0.3) is 11.6 Å².